The molecular weight excluding hydrogens is 310 g/mol. The van der Waals surface area contributed by atoms with E-state index in [0.29, 0.717) is 24.5 Å². The molecule has 2 aromatic rings. The number of hydrogen-bond donors (Lipinski definition) is 2. The first-order valence-electron chi connectivity index (χ1n) is 7.78. The smallest absolute Gasteiger partial charge is 0.291 e. The van der Waals surface area contributed by atoms with E-state index in [2.05, 4.69) is 10.6 Å². The highest BCUT2D eigenvalue weighted by atomic mass is 16.5. The van der Waals surface area contributed by atoms with Crippen LogP contribution in [0.5, 0.6) is 5.75 Å². The molecule has 1 saturated heterocycles. The average Bonchev–Trinajstić information content (AvgIpc) is 3.15. The molecule has 0 bridgehead atoms. The molecule has 126 valence electrons. The summed E-state index contributed by atoms with van der Waals surface area (Å²) in [4.78, 5) is 25.8. The maximum Gasteiger partial charge on any atom is 0.291 e. The molecule has 0 atom stereocenters. The number of furan rings is 1. The lowest BCUT2D eigenvalue weighted by Crippen LogP contribution is -2.47. The number of carbonyl (C=O) groups excluding carboxylic acids is 2. The zero-order valence-electron chi connectivity index (χ0n) is 13.2. The third kappa shape index (κ3) is 4.14. The second-order valence-corrected chi connectivity index (χ2v) is 5.38. The Kier molecular flexibility index (Phi) is 5.12. The van der Waals surface area contributed by atoms with E-state index in [1.807, 2.05) is 0 Å². The molecule has 1 aliphatic rings. The SMILES string of the molecule is O=C(Nc1cccc(OCC(=O)N2CCNCC2)c1)c1ccco1. The molecule has 0 radical (unpaired) electrons. The second kappa shape index (κ2) is 7.65. The molecule has 0 spiro atoms. The highest BCUT2D eigenvalue weighted by Crippen LogP contribution is 2.18. The summed E-state index contributed by atoms with van der Waals surface area (Å²) in [7, 11) is 0. The average molecular weight is 329 g/mol. The summed E-state index contributed by atoms with van der Waals surface area (Å²) in [5.41, 5.74) is 0.573. The van der Waals surface area contributed by atoms with Gasteiger partial charge in [-0.2, -0.15) is 0 Å². The van der Waals surface area contributed by atoms with Crippen LogP contribution in [0.1, 0.15) is 10.6 Å². The molecule has 1 aliphatic heterocycles. The number of nitrogens with one attached hydrogen (secondary N) is 2. The Morgan fingerprint density at radius 2 is 2.04 bits per heavy atom. The molecule has 2 heterocycles. The van der Waals surface area contributed by atoms with Crippen LogP contribution in [0.15, 0.2) is 47.1 Å². The van der Waals surface area contributed by atoms with E-state index in [1.54, 1.807) is 41.3 Å². The van der Waals surface area contributed by atoms with Crippen molar-refractivity contribution in [3.63, 3.8) is 0 Å². The molecule has 0 saturated carbocycles. The number of rotatable bonds is 5. The lowest BCUT2D eigenvalue weighted by Gasteiger charge is -2.27. The number of amides is 2. The highest BCUT2D eigenvalue weighted by Gasteiger charge is 2.16. The van der Waals surface area contributed by atoms with Gasteiger partial charge in [0.25, 0.3) is 11.8 Å². The van der Waals surface area contributed by atoms with Crippen LogP contribution in [0.4, 0.5) is 5.69 Å². The Hall–Kier alpha value is -2.80. The lowest BCUT2D eigenvalue weighted by molar-refractivity contribution is -0.133. The van der Waals surface area contributed by atoms with E-state index in [1.165, 1.54) is 6.26 Å². The number of carbonyl (C=O) groups is 2. The van der Waals surface area contributed by atoms with E-state index < -0.39 is 0 Å². The van der Waals surface area contributed by atoms with Gasteiger partial charge < -0.3 is 24.7 Å². The van der Waals surface area contributed by atoms with E-state index in [-0.39, 0.29) is 24.2 Å². The summed E-state index contributed by atoms with van der Waals surface area (Å²) >= 11 is 0. The molecule has 3 rings (SSSR count). The Balaban J connectivity index is 1.55. The van der Waals surface area contributed by atoms with Gasteiger partial charge in [-0.3, -0.25) is 9.59 Å². The van der Waals surface area contributed by atoms with Crippen molar-refractivity contribution >= 4 is 17.5 Å². The van der Waals surface area contributed by atoms with Crippen molar-refractivity contribution in [1.29, 1.82) is 0 Å². The number of benzene rings is 1. The summed E-state index contributed by atoms with van der Waals surface area (Å²) in [5.74, 6) is 0.376. The maximum atomic E-state index is 12.1. The van der Waals surface area contributed by atoms with Crippen molar-refractivity contribution in [1.82, 2.24) is 10.2 Å². The van der Waals surface area contributed by atoms with Crippen molar-refractivity contribution in [2.24, 2.45) is 0 Å². The molecule has 0 aliphatic carbocycles. The molecule has 24 heavy (non-hydrogen) atoms. The zero-order chi connectivity index (χ0) is 16.8. The molecule has 2 amide bonds. The van der Waals surface area contributed by atoms with Crippen molar-refractivity contribution in [2.75, 3.05) is 38.1 Å². The maximum absolute atomic E-state index is 12.1. The zero-order valence-corrected chi connectivity index (χ0v) is 13.2. The van der Waals surface area contributed by atoms with Crippen molar-refractivity contribution in [2.45, 2.75) is 0 Å². The number of anilines is 1. The molecule has 1 aromatic heterocycles. The minimum absolute atomic E-state index is 0.0183. The molecular formula is C17H19N3O4. The fraction of sp³-hybridized carbons (Fsp3) is 0.294. The largest absolute Gasteiger partial charge is 0.484 e. The summed E-state index contributed by atoms with van der Waals surface area (Å²) in [5, 5.41) is 5.92. The van der Waals surface area contributed by atoms with Crippen molar-refractivity contribution < 1.29 is 18.7 Å². The van der Waals surface area contributed by atoms with Gasteiger partial charge in [0.15, 0.2) is 12.4 Å². The summed E-state index contributed by atoms with van der Waals surface area (Å²) in [6.45, 7) is 2.98. The molecule has 1 aromatic carbocycles. The fourth-order valence-corrected chi connectivity index (χ4v) is 2.41. The molecule has 2 N–H and O–H groups in total. The van der Waals surface area contributed by atoms with E-state index >= 15 is 0 Å². The minimum atomic E-state index is -0.339. The van der Waals surface area contributed by atoms with Gasteiger partial charge in [0.05, 0.1) is 6.26 Å². The minimum Gasteiger partial charge on any atom is -0.484 e. The molecule has 1 fully saturated rings. The molecule has 7 heteroatoms. The van der Waals surface area contributed by atoms with Crippen LogP contribution < -0.4 is 15.4 Å². The Morgan fingerprint density at radius 1 is 1.21 bits per heavy atom. The summed E-state index contributed by atoms with van der Waals surface area (Å²) < 4.78 is 10.6. The number of ether oxygens (including phenoxy) is 1. The number of nitrogens with zero attached hydrogens (tertiary/aromatic N) is 1. The summed E-state index contributed by atoms with van der Waals surface area (Å²) in [6.07, 6.45) is 1.44. The Bertz CT molecular complexity index is 694. The van der Waals surface area contributed by atoms with Gasteiger partial charge in [-0.05, 0) is 24.3 Å². The van der Waals surface area contributed by atoms with Crippen LogP contribution in [0.2, 0.25) is 0 Å². The number of piperazine rings is 1. The molecule has 7 nitrogen and oxygen atoms in total. The van der Waals surface area contributed by atoms with Gasteiger partial charge >= 0.3 is 0 Å². The quantitative estimate of drug-likeness (QED) is 0.865. The van der Waals surface area contributed by atoms with E-state index in [9.17, 15) is 9.59 Å². The first-order chi connectivity index (χ1) is 11.7. The fourth-order valence-electron chi connectivity index (χ4n) is 2.41. The Morgan fingerprint density at radius 3 is 2.79 bits per heavy atom. The van der Waals surface area contributed by atoms with Crippen LogP contribution in [0, 0.1) is 0 Å². The van der Waals surface area contributed by atoms with Gasteiger partial charge in [-0.15, -0.1) is 0 Å². The van der Waals surface area contributed by atoms with Crippen LogP contribution in [0.25, 0.3) is 0 Å². The van der Waals surface area contributed by atoms with Gasteiger partial charge in [0.2, 0.25) is 0 Å². The van der Waals surface area contributed by atoms with Gasteiger partial charge in [-0.1, -0.05) is 6.07 Å². The Labute approximate surface area is 139 Å². The number of hydrogen-bond acceptors (Lipinski definition) is 5. The molecule has 0 unspecified atom stereocenters. The first-order valence-corrected chi connectivity index (χ1v) is 7.78. The topological polar surface area (TPSA) is 83.8 Å². The van der Waals surface area contributed by atoms with Crippen molar-refractivity contribution in [3.05, 3.63) is 48.4 Å². The standard InChI is InChI=1S/C17H19N3O4/c21-16(20-8-6-18-7-9-20)12-24-14-4-1-3-13(11-14)19-17(22)15-5-2-10-23-15/h1-5,10-11,18H,6-9,12H2,(H,19,22). The van der Waals surface area contributed by atoms with Gasteiger partial charge in [0.1, 0.15) is 5.75 Å². The van der Waals surface area contributed by atoms with Gasteiger partial charge in [0, 0.05) is 37.9 Å². The third-order valence-corrected chi connectivity index (χ3v) is 3.67. The predicted octanol–water partition coefficient (Wildman–Crippen LogP) is 1.34. The summed E-state index contributed by atoms with van der Waals surface area (Å²) in [6, 6.07) is 10.1. The van der Waals surface area contributed by atoms with E-state index in [0.717, 1.165) is 13.1 Å². The third-order valence-electron chi connectivity index (χ3n) is 3.67. The monoisotopic (exact) mass is 329 g/mol. The van der Waals surface area contributed by atoms with Crippen LogP contribution >= 0.6 is 0 Å². The van der Waals surface area contributed by atoms with Crippen LogP contribution in [0.3, 0.4) is 0 Å². The lowest BCUT2D eigenvalue weighted by atomic mass is 10.3. The first kappa shape index (κ1) is 16.1. The normalized spacial score (nSPS) is 14.2. The van der Waals surface area contributed by atoms with E-state index in [4.69, 9.17) is 9.15 Å². The highest BCUT2D eigenvalue weighted by molar-refractivity contribution is 6.02. The van der Waals surface area contributed by atoms with Crippen LogP contribution in [-0.2, 0) is 4.79 Å². The second-order valence-electron chi connectivity index (χ2n) is 5.38. The van der Waals surface area contributed by atoms with Crippen molar-refractivity contribution in [3.8, 4) is 5.75 Å². The van der Waals surface area contributed by atoms with Gasteiger partial charge in [-0.25, -0.2) is 0 Å². The predicted molar refractivity (Wildman–Crippen MR) is 88.0 cm³/mol. The van der Waals surface area contributed by atoms with Crippen LogP contribution in [-0.4, -0.2) is 49.5 Å².